The van der Waals surface area contributed by atoms with E-state index in [1.54, 1.807) is 0 Å². The van der Waals surface area contributed by atoms with Gasteiger partial charge in [-0.2, -0.15) is 0 Å². The number of nitrogens with one attached hydrogen (secondary N) is 1. The molecule has 0 aromatic heterocycles. The van der Waals surface area contributed by atoms with Crippen LogP contribution in [0, 0.1) is 6.92 Å². The molecule has 0 saturated heterocycles. The van der Waals surface area contributed by atoms with Gasteiger partial charge in [-0.25, -0.2) is 0 Å². The van der Waals surface area contributed by atoms with Crippen molar-refractivity contribution in [3.05, 3.63) is 35.4 Å². The third-order valence-corrected chi connectivity index (χ3v) is 5.14. The Balaban J connectivity index is 2.10. The number of hydrogen-bond donors (Lipinski definition) is 1. The van der Waals surface area contributed by atoms with Crippen LogP contribution in [0.25, 0.3) is 0 Å². The molecule has 21 heavy (non-hydrogen) atoms. The molecule has 1 N–H and O–H groups in total. The fraction of sp³-hybridized carbons (Fsp3) is 0.684. The second-order valence-corrected chi connectivity index (χ2v) is 6.64. The van der Waals surface area contributed by atoms with E-state index in [-0.39, 0.29) is 0 Å². The fourth-order valence-corrected chi connectivity index (χ4v) is 3.62. The topological polar surface area (TPSA) is 15.3 Å². The summed E-state index contributed by atoms with van der Waals surface area (Å²) in [6, 6.07) is 10.7. The Morgan fingerprint density at radius 1 is 1.14 bits per heavy atom. The summed E-state index contributed by atoms with van der Waals surface area (Å²) in [4.78, 5) is 2.62. The zero-order chi connectivity index (χ0) is 15.2. The van der Waals surface area contributed by atoms with Crippen LogP contribution in [0.1, 0.15) is 63.1 Å². The third-order valence-electron chi connectivity index (χ3n) is 5.14. The van der Waals surface area contributed by atoms with Crippen LogP contribution in [0.5, 0.6) is 0 Å². The molecule has 0 amide bonds. The van der Waals surface area contributed by atoms with Crippen LogP contribution in [-0.2, 0) is 0 Å². The van der Waals surface area contributed by atoms with E-state index in [1.807, 2.05) is 0 Å². The Bertz CT molecular complexity index is 406. The highest BCUT2D eigenvalue weighted by molar-refractivity contribution is 5.25. The number of likely N-dealkylation sites (N-methyl/N-ethyl adjacent to an activating group) is 2. The van der Waals surface area contributed by atoms with Crippen LogP contribution in [0.2, 0.25) is 0 Å². The molecule has 2 atom stereocenters. The average Bonchev–Trinajstić information content (AvgIpc) is 2.53. The normalized spacial score (nSPS) is 19.7. The highest BCUT2D eigenvalue weighted by Crippen LogP contribution is 2.27. The zero-order valence-corrected chi connectivity index (χ0v) is 14.2. The van der Waals surface area contributed by atoms with Crippen LogP contribution in [0.4, 0.5) is 0 Å². The molecule has 0 radical (unpaired) electrons. The second kappa shape index (κ2) is 7.95. The van der Waals surface area contributed by atoms with E-state index in [2.05, 4.69) is 62.3 Å². The third kappa shape index (κ3) is 4.31. The molecule has 0 spiro atoms. The van der Waals surface area contributed by atoms with E-state index in [0.717, 1.165) is 12.6 Å². The van der Waals surface area contributed by atoms with Crippen molar-refractivity contribution in [3.8, 4) is 0 Å². The Kier molecular flexibility index (Phi) is 6.25. The van der Waals surface area contributed by atoms with Crippen molar-refractivity contribution in [2.45, 2.75) is 71.0 Å². The maximum atomic E-state index is 3.70. The van der Waals surface area contributed by atoms with Gasteiger partial charge in [-0.1, -0.05) is 56.0 Å². The predicted molar refractivity (Wildman–Crippen MR) is 91.7 cm³/mol. The summed E-state index contributed by atoms with van der Waals surface area (Å²) in [6.07, 6.45) is 6.96. The zero-order valence-electron chi connectivity index (χ0n) is 14.2. The van der Waals surface area contributed by atoms with Gasteiger partial charge in [0.1, 0.15) is 0 Å². The Morgan fingerprint density at radius 3 is 2.33 bits per heavy atom. The van der Waals surface area contributed by atoms with Gasteiger partial charge < -0.3 is 5.32 Å². The van der Waals surface area contributed by atoms with Crippen LogP contribution in [-0.4, -0.2) is 30.6 Å². The number of aryl methyl sites for hydroxylation is 1. The van der Waals surface area contributed by atoms with E-state index >= 15 is 0 Å². The van der Waals surface area contributed by atoms with Crippen molar-refractivity contribution in [3.63, 3.8) is 0 Å². The lowest BCUT2D eigenvalue weighted by Gasteiger charge is -2.39. The van der Waals surface area contributed by atoms with Gasteiger partial charge >= 0.3 is 0 Å². The maximum absolute atomic E-state index is 3.70. The Morgan fingerprint density at radius 2 is 1.76 bits per heavy atom. The van der Waals surface area contributed by atoms with Crippen molar-refractivity contribution >= 4 is 0 Å². The van der Waals surface area contributed by atoms with Crippen LogP contribution >= 0.6 is 0 Å². The van der Waals surface area contributed by atoms with Crippen molar-refractivity contribution in [1.29, 1.82) is 0 Å². The molecule has 2 unspecified atom stereocenters. The molecule has 1 saturated carbocycles. The van der Waals surface area contributed by atoms with Gasteiger partial charge in [0.2, 0.25) is 0 Å². The number of nitrogens with zero attached hydrogens (tertiary/aromatic N) is 1. The Hall–Kier alpha value is -0.860. The van der Waals surface area contributed by atoms with E-state index in [0.29, 0.717) is 12.1 Å². The molecule has 2 rings (SSSR count). The summed E-state index contributed by atoms with van der Waals surface area (Å²) in [7, 11) is 2.32. The summed E-state index contributed by atoms with van der Waals surface area (Å²) in [5, 5.41) is 3.70. The lowest BCUT2D eigenvalue weighted by molar-refractivity contribution is 0.120. The van der Waals surface area contributed by atoms with Gasteiger partial charge in [-0.15, -0.1) is 0 Å². The number of rotatable bonds is 6. The molecule has 1 fully saturated rings. The lowest BCUT2D eigenvalue weighted by Crippen LogP contribution is -2.46. The van der Waals surface area contributed by atoms with Crippen molar-refractivity contribution < 1.29 is 0 Å². The summed E-state index contributed by atoms with van der Waals surface area (Å²) in [5.41, 5.74) is 2.75. The molecule has 118 valence electrons. The van der Waals surface area contributed by atoms with Gasteiger partial charge in [0.15, 0.2) is 0 Å². The Labute approximate surface area is 130 Å². The second-order valence-electron chi connectivity index (χ2n) is 6.64. The first-order valence-electron chi connectivity index (χ1n) is 8.65. The molecular weight excluding hydrogens is 256 g/mol. The summed E-state index contributed by atoms with van der Waals surface area (Å²) in [5.74, 6) is 0. The SMILES string of the molecule is CCNC(c1ccc(C)cc1)C(C)N(C)C1CCCCC1. The molecule has 0 aliphatic heterocycles. The first-order chi connectivity index (χ1) is 10.1. The van der Waals surface area contributed by atoms with Crippen molar-refractivity contribution in [1.82, 2.24) is 10.2 Å². The smallest absolute Gasteiger partial charge is 0.0475 e. The summed E-state index contributed by atoms with van der Waals surface area (Å²) in [6.45, 7) is 7.75. The summed E-state index contributed by atoms with van der Waals surface area (Å²) < 4.78 is 0. The highest BCUT2D eigenvalue weighted by Gasteiger charge is 2.27. The minimum atomic E-state index is 0.419. The standard InChI is InChI=1S/C19H32N2/c1-5-20-19(17-13-11-15(2)12-14-17)16(3)21(4)18-9-7-6-8-10-18/h11-14,16,18-20H,5-10H2,1-4H3. The van der Waals surface area contributed by atoms with Crippen molar-refractivity contribution in [2.75, 3.05) is 13.6 Å². The fourth-order valence-electron chi connectivity index (χ4n) is 3.62. The predicted octanol–water partition coefficient (Wildman–Crippen LogP) is 4.30. The molecule has 1 aliphatic rings. The quantitative estimate of drug-likeness (QED) is 0.839. The minimum Gasteiger partial charge on any atom is -0.309 e. The first-order valence-corrected chi connectivity index (χ1v) is 8.65. The molecule has 1 aromatic rings. The van der Waals surface area contributed by atoms with Gasteiger partial charge in [-0.3, -0.25) is 4.90 Å². The molecular formula is C19H32N2. The molecule has 0 heterocycles. The van der Waals surface area contributed by atoms with E-state index in [9.17, 15) is 0 Å². The molecule has 1 aliphatic carbocycles. The maximum Gasteiger partial charge on any atom is 0.0475 e. The molecule has 1 aromatic carbocycles. The van der Waals surface area contributed by atoms with Gasteiger partial charge in [0.25, 0.3) is 0 Å². The first kappa shape index (κ1) is 16.5. The lowest BCUT2D eigenvalue weighted by atomic mass is 9.91. The molecule has 2 nitrogen and oxygen atoms in total. The highest BCUT2D eigenvalue weighted by atomic mass is 15.2. The number of hydrogen-bond acceptors (Lipinski definition) is 2. The monoisotopic (exact) mass is 288 g/mol. The molecule has 2 heteroatoms. The van der Waals surface area contributed by atoms with Gasteiger partial charge in [0, 0.05) is 18.1 Å². The van der Waals surface area contributed by atoms with Crippen molar-refractivity contribution in [2.24, 2.45) is 0 Å². The van der Waals surface area contributed by atoms with Gasteiger partial charge in [-0.05, 0) is 45.8 Å². The van der Waals surface area contributed by atoms with Crippen LogP contribution in [0.3, 0.4) is 0 Å². The largest absolute Gasteiger partial charge is 0.309 e. The summed E-state index contributed by atoms with van der Waals surface area (Å²) >= 11 is 0. The van der Waals surface area contributed by atoms with Crippen LogP contribution < -0.4 is 5.32 Å². The van der Waals surface area contributed by atoms with Crippen LogP contribution in [0.15, 0.2) is 24.3 Å². The van der Waals surface area contributed by atoms with Gasteiger partial charge in [0.05, 0.1) is 0 Å². The van der Waals surface area contributed by atoms with E-state index in [4.69, 9.17) is 0 Å². The molecule has 0 bridgehead atoms. The minimum absolute atomic E-state index is 0.419. The van der Waals surface area contributed by atoms with E-state index < -0.39 is 0 Å². The number of benzene rings is 1. The average molecular weight is 288 g/mol. The van der Waals surface area contributed by atoms with E-state index in [1.165, 1.54) is 43.2 Å².